The third-order valence-electron chi connectivity index (χ3n) is 7.43. The van der Waals surface area contributed by atoms with Crippen molar-refractivity contribution in [3.05, 3.63) is 65.7 Å². The molecule has 0 bridgehead atoms. The van der Waals surface area contributed by atoms with E-state index < -0.39 is 47.7 Å². The van der Waals surface area contributed by atoms with Crippen LogP contribution in [0.4, 0.5) is 9.59 Å². The molecule has 272 valence electrons. The Bertz CT molecular complexity index is 1310. The Morgan fingerprint density at radius 2 is 1.33 bits per heavy atom. The fourth-order valence-electron chi connectivity index (χ4n) is 5.05. The molecule has 2 aromatic rings. The molecule has 3 amide bonds. The maximum absolute atomic E-state index is 12.7. The first-order chi connectivity index (χ1) is 23.1. The van der Waals surface area contributed by atoms with Gasteiger partial charge in [-0.1, -0.05) is 42.5 Å². The number of amides is 3. The molecule has 13 nitrogen and oxygen atoms in total. The smallest absolute Gasteiger partial charge is 0.407 e. The second kappa shape index (κ2) is 18.7. The van der Waals surface area contributed by atoms with Gasteiger partial charge in [0.2, 0.25) is 5.91 Å². The number of carbonyl (C=O) groups is 3. The van der Waals surface area contributed by atoms with E-state index in [1.807, 2.05) is 42.5 Å². The molecule has 49 heavy (non-hydrogen) atoms. The average Bonchev–Trinajstić information content (AvgIpc) is 3.00. The van der Waals surface area contributed by atoms with Crippen LogP contribution in [0, 0.1) is 0 Å². The minimum atomic E-state index is -1.06. The molecule has 2 aromatic carbocycles. The summed E-state index contributed by atoms with van der Waals surface area (Å²) in [6.45, 7) is 12.6. The highest BCUT2D eigenvalue weighted by Gasteiger charge is 2.28. The lowest BCUT2D eigenvalue weighted by Crippen LogP contribution is -2.53. The predicted octanol–water partition coefficient (Wildman–Crippen LogP) is 2.81. The van der Waals surface area contributed by atoms with Crippen LogP contribution in [0.25, 0.3) is 0 Å². The topological polar surface area (TPSA) is 168 Å². The molecule has 0 aromatic heterocycles. The molecule has 5 N–H and O–H groups in total. The zero-order valence-corrected chi connectivity index (χ0v) is 29.6. The number of alkyl carbamates (subject to hydrolysis) is 2. The van der Waals surface area contributed by atoms with Crippen LogP contribution >= 0.6 is 0 Å². The molecule has 1 heterocycles. The second-order valence-electron chi connectivity index (χ2n) is 14.1. The second-order valence-corrected chi connectivity index (χ2v) is 14.1. The Hall–Kier alpha value is -3.91. The molecule has 0 unspecified atom stereocenters. The van der Waals surface area contributed by atoms with Crippen LogP contribution in [-0.2, 0) is 31.8 Å². The number of hydrogen-bond donors (Lipinski definition) is 5. The molecule has 4 atom stereocenters. The van der Waals surface area contributed by atoms with Gasteiger partial charge in [-0.3, -0.25) is 4.79 Å². The molecule has 0 saturated carbocycles. The third-order valence-corrected chi connectivity index (χ3v) is 7.43. The maximum Gasteiger partial charge on any atom is 0.407 e. The minimum absolute atomic E-state index is 0.0312. The summed E-state index contributed by atoms with van der Waals surface area (Å²) in [4.78, 5) is 38.9. The summed E-state index contributed by atoms with van der Waals surface area (Å²) in [5.74, 6) is 0.572. The van der Waals surface area contributed by atoms with Gasteiger partial charge in [-0.05, 0) is 77.6 Å². The molecule has 1 saturated heterocycles. The number of carbonyl (C=O) groups excluding carboxylic acids is 3. The lowest BCUT2D eigenvalue weighted by Gasteiger charge is -2.29. The zero-order chi connectivity index (χ0) is 36.0. The van der Waals surface area contributed by atoms with Crippen molar-refractivity contribution in [2.45, 2.75) is 89.9 Å². The van der Waals surface area contributed by atoms with E-state index in [1.54, 1.807) is 58.6 Å². The largest absolute Gasteiger partial charge is 0.492 e. The number of hydrogen-bond acceptors (Lipinski definition) is 10. The van der Waals surface area contributed by atoms with E-state index >= 15 is 0 Å². The van der Waals surface area contributed by atoms with Gasteiger partial charge in [-0.25, -0.2) is 9.59 Å². The fraction of sp³-hybridized carbons (Fsp3) is 0.583. The van der Waals surface area contributed by atoms with Gasteiger partial charge < -0.3 is 50.0 Å². The molecule has 1 fully saturated rings. The predicted molar refractivity (Wildman–Crippen MR) is 184 cm³/mol. The van der Waals surface area contributed by atoms with Crippen LogP contribution in [0.1, 0.15) is 52.7 Å². The summed E-state index contributed by atoms with van der Waals surface area (Å²) >= 11 is 0. The number of aliphatic hydroxyl groups is 2. The Kier molecular flexibility index (Phi) is 15.1. The summed E-state index contributed by atoms with van der Waals surface area (Å²) in [5, 5.41) is 31.0. The average molecular weight is 687 g/mol. The molecule has 0 radical (unpaired) electrons. The molecule has 0 spiro atoms. The SMILES string of the molecule is CC(C)(C)OC(=O)N[C@@H](Cc1ccccc1)[C@H](O)CNC[C@@H](O)[C@H](Cc1ccc(OCCN2CCOCC2=O)cc1)NC(=O)OC(C)(C)C. The number of nitrogens with one attached hydrogen (secondary N) is 3. The highest BCUT2D eigenvalue weighted by Crippen LogP contribution is 2.16. The van der Waals surface area contributed by atoms with Gasteiger partial charge in [0, 0.05) is 19.6 Å². The van der Waals surface area contributed by atoms with E-state index in [0.29, 0.717) is 38.5 Å². The van der Waals surface area contributed by atoms with Crippen LogP contribution in [0.2, 0.25) is 0 Å². The first-order valence-electron chi connectivity index (χ1n) is 16.7. The van der Waals surface area contributed by atoms with Crippen LogP contribution in [0.15, 0.2) is 54.6 Å². The summed E-state index contributed by atoms with van der Waals surface area (Å²) < 4.78 is 21.8. The maximum atomic E-state index is 12.7. The Balaban J connectivity index is 1.60. The van der Waals surface area contributed by atoms with Crippen molar-refractivity contribution in [2.24, 2.45) is 0 Å². The molecule has 0 aliphatic carbocycles. The first kappa shape index (κ1) is 39.5. The van der Waals surface area contributed by atoms with E-state index in [4.69, 9.17) is 18.9 Å². The van der Waals surface area contributed by atoms with Gasteiger partial charge in [0.25, 0.3) is 0 Å². The van der Waals surface area contributed by atoms with Crippen molar-refractivity contribution in [1.82, 2.24) is 20.9 Å². The van der Waals surface area contributed by atoms with E-state index in [-0.39, 0.29) is 32.0 Å². The van der Waals surface area contributed by atoms with Crippen molar-refractivity contribution in [3.8, 4) is 5.75 Å². The van der Waals surface area contributed by atoms with Gasteiger partial charge in [0.1, 0.15) is 30.2 Å². The monoisotopic (exact) mass is 686 g/mol. The van der Waals surface area contributed by atoms with Crippen LogP contribution in [0.5, 0.6) is 5.75 Å². The Labute approximate surface area is 289 Å². The van der Waals surface area contributed by atoms with E-state index in [1.165, 1.54) is 0 Å². The lowest BCUT2D eigenvalue weighted by atomic mass is 10.00. The number of benzene rings is 2. The molecule has 13 heteroatoms. The number of rotatable bonds is 16. The van der Waals surface area contributed by atoms with Gasteiger partial charge >= 0.3 is 12.2 Å². The highest BCUT2D eigenvalue weighted by atomic mass is 16.6. The van der Waals surface area contributed by atoms with E-state index in [9.17, 15) is 24.6 Å². The number of nitrogens with zero attached hydrogens (tertiary/aromatic N) is 1. The Morgan fingerprint density at radius 1 is 0.816 bits per heavy atom. The molecule has 1 aliphatic heterocycles. The normalized spacial score (nSPS) is 16.2. The number of aliphatic hydroxyl groups excluding tert-OH is 2. The summed E-state index contributed by atoms with van der Waals surface area (Å²) in [6, 6.07) is 15.4. The van der Waals surface area contributed by atoms with Crippen molar-refractivity contribution in [3.63, 3.8) is 0 Å². The van der Waals surface area contributed by atoms with E-state index in [0.717, 1.165) is 11.1 Å². The molecular weight excluding hydrogens is 632 g/mol. The quantitative estimate of drug-likeness (QED) is 0.177. The van der Waals surface area contributed by atoms with Crippen LogP contribution < -0.4 is 20.7 Å². The van der Waals surface area contributed by atoms with Crippen LogP contribution in [0.3, 0.4) is 0 Å². The third kappa shape index (κ3) is 15.5. The van der Waals surface area contributed by atoms with Crippen LogP contribution in [-0.4, -0.2) is 115 Å². The fourth-order valence-corrected chi connectivity index (χ4v) is 5.05. The summed E-state index contributed by atoms with van der Waals surface area (Å²) in [5.41, 5.74) is 0.318. The standard InChI is InChI=1S/C36H54N4O9/c1-35(2,3)48-33(44)38-28(20-25-10-8-7-9-11-25)30(41)22-37-23-31(42)29(39-34(45)49-36(4,5)6)21-26-12-14-27(15-13-26)47-19-17-40-16-18-46-24-32(40)43/h7-15,28-31,37,41-42H,16-24H2,1-6H3,(H,38,44)(H,39,45)/t28-,29-,30+,31+/m0/s1. The lowest BCUT2D eigenvalue weighted by molar-refractivity contribution is -0.143. The Morgan fingerprint density at radius 3 is 1.82 bits per heavy atom. The highest BCUT2D eigenvalue weighted by molar-refractivity contribution is 5.78. The number of ether oxygens (including phenoxy) is 4. The summed E-state index contributed by atoms with van der Waals surface area (Å²) in [7, 11) is 0. The van der Waals surface area contributed by atoms with E-state index in [2.05, 4.69) is 16.0 Å². The van der Waals surface area contributed by atoms with Gasteiger partial charge in [-0.15, -0.1) is 0 Å². The molecule has 3 rings (SSSR count). The van der Waals surface area contributed by atoms with Crippen molar-refractivity contribution >= 4 is 18.1 Å². The van der Waals surface area contributed by atoms with Gasteiger partial charge in [0.05, 0.1) is 37.4 Å². The molecule has 1 aliphatic rings. The molecular formula is C36H54N4O9. The van der Waals surface area contributed by atoms with Crippen molar-refractivity contribution in [1.29, 1.82) is 0 Å². The first-order valence-corrected chi connectivity index (χ1v) is 16.7. The van der Waals surface area contributed by atoms with Crippen molar-refractivity contribution < 1.29 is 43.5 Å². The number of morpholine rings is 1. The minimum Gasteiger partial charge on any atom is -0.492 e. The van der Waals surface area contributed by atoms with Gasteiger partial charge in [0.15, 0.2) is 0 Å². The van der Waals surface area contributed by atoms with Crippen molar-refractivity contribution in [2.75, 3.05) is 46.0 Å². The zero-order valence-electron chi connectivity index (χ0n) is 29.6. The van der Waals surface area contributed by atoms with Gasteiger partial charge in [-0.2, -0.15) is 0 Å². The summed E-state index contributed by atoms with van der Waals surface area (Å²) in [6.07, 6.45) is -2.75.